The molecule has 9 fully saturated rings. The quantitative estimate of drug-likeness (QED) is 0.253. The normalized spacial score (nSPS) is 57.3. The zero-order valence-electron chi connectivity index (χ0n) is 39.9. The van der Waals surface area contributed by atoms with Crippen LogP contribution in [0.1, 0.15) is 106 Å². The third kappa shape index (κ3) is 7.76. The van der Waals surface area contributed by atoms with E-state index in [1.807, 2.05) is 20.8 Å². The zero-order chi connectivity index (χ0) is 46.0. The molecule has 0 aromatic carbocycles. The van der Waals surface area contributed by atoms with Crippen molar-refractivity contribution < 1.29 is 81.6 Å². The maximum absolute atomic E-state index is 11.5. The standard InChI is InChI=1S/C48H76O17/c1-22-37(50)42(54-10)38(51)44(59-22)63-41-25(4)58-36(20-32(41)53-9)62-40-24(3)57-35(19-31(40)52-8)61-39-23(2)56-34(18-30(39)49)60-27-13-15-45(5)26(17-27)11-12-29-28(45)14-16-46(6)43-33-21-55-47(43,7)65-48(29,46)64-33/h11,22-25,27-44,49-51H,12-21H2,1-10H3/t22?,23?,24?,25?,27-,28-,29+,30?,31?,32?,33+,34?,35?,36?,37?,38?,39?,40?,41?,42?,43-,44?,45-,46+,47+,48-/m0/s1. The van der Waals surface area contributed by atoms with Gasteiger partial charge in [0.25, 0.3) is 0 Å². The number of fused-ring (bicyclic) bond motifs is 3. The first-order valence-corrected chi connectivity index (χ1v) is 24.5. The van der Waals surface area contributed by atoms with Crippen LogP contribution in [0.2, 0.25) is 0 Å². The van der Waals surface area contributed by atoms with Crippen molar-refractivity contribution in [2.24, 2.45) is 28.6 Å². The molecule has 2 bridgehead atoms. The molecule has 3 N–H and O–H groups in total. The summed E-state index contributed by atoms with van der Waals surface area (Å²) in [6, 6.07) is 0. The second kappa shape index (κ2) is 17.7. The van der Waals surface area contributed by atoms with E-state index in [1.165, 1.54) is 19.1 Å². The van der Waals surface area contributed by atoms with Crippen molar-refractivity contribution >= 4 is 0 Å². The third-order valence-corrected chi connectivity index (χ3v) is 18.0. The summed E-state index contributed by atoms with van der Waals surface area (Å²) in [6.07, 6.45) is -2.02. The Balaban J connectivity index is 0.709. The predicted molar refractivity (Wildman–Crippen MR) is 227 cm³/mol. The van der Waals surface area contributed by atoms with Crippen LogP contribution in [0.4, 0.5) is 0 Å². The van der Waals surface area contributed by atoms with E-state index in [9.17, 15) is 15.3 Å². The van der Waals surface area contributed by atoms with Gasteiger partial charge in [0, 0.05) is 51.9 Å². The van der Waals surface area contributed by atoms with Crippen LogP contribution in [0, 0.1) is 28.6 Å². The van der Waals surface area contributed by atoms with Crippen LogP contribution in [-0.2, 0) is 66.3 Å². The van der Waals surface area contributed by atoms with E-state index < -0.39 is 116 Å². The lowest BCUT2D eigenvalue weighted by molar-refractivity contribution is -0.359. The molecule has 10 rings (SSSR count). The van der Waals surface area contributed by atoms with Crippen LogP contribution in [0.15, 0.2) is 11.6 Å². The van der Waals surface area contributed by atoms with E-state index in [0.29, 0.717) is 31.3 Å². The Hall–Kier alpha value is -0.940. The largest absolute Gasteiger partial charge is 0.390 e. The van der Waals surface area contributed by atoms with Crippen molar-refractivity contribution in [3.8, 4) is 0 Å². The minimum atomic E-state index is -1.22. The second-order valence-electron chi connectivity index (χ2n) is 21.6. The highest BCUT2D eigenvalue weighted by Crippen LogP contribution is 2.76. The average molecular weight is 925 g/mol. The Kier molecular flexibility index (Phi) is 13.0. The number of ether oxygens (including phenoxy) is 14. The van der Waals surface area contributed by atoms with Gasteiger partial charge in [0.15, 0.2) is 36.7 Å². The number of aliphatic hydroxyl groups is 3. The zero-order valence-corrected chi connectivity index (χ0v) is 39.9. The Bertz CT molecular complexity index is 1730. The summed E-state index contributed by atoms with van der Waals surface area (Å²) in [5, 5.41) is 32.8. The maximum atomic E-state index is 11.5. The summed E-state index contributed by atoms with van der Waals surface area (Å²) in [7, 11) is 4.65. The minimum Gasteiger partial charge on any atom is -0.390 e. The average Bonchev–Trinajstić information content (AvgIpc) is 3.75. The van der Waals surface area contributed by atoms with Gasteiger partial charge < -0.3 is 81.6 Å². The van der Waals surface area contributed by atoms with E-state index in [0.717, 1.165) is 32.1 Å². The Morgan fingerprint density at radius 1 is 0.646 bits per heavy atom. The molecular formula is C48H76O17. The van der Waals surface area contributed by atoms with Gasteiger partial charge >= 0.3 is 0 Å². The molecule has 0 radical (unpaired) electrons. The van der Waals surface area contributed by atoms with Gasteiger partial charge in [-0.05, 0) is 84.5 Å². The molecule has 0 amide bonds. The Morgan fingerprint density at radius 3 is 1.91 bits per heavy atom. The van der Waals surface area contributed by atoms with Crippen LogP contribution >= 0.6 is 0 Å². The van der Waals surface area contributed by atoms with E-state index in [1.54, 1.807) is 21.1 Å². The molecule has 65 heavy (non-hydrogen) atoms. The fraction of sp³-hybridized carbons (Fsp3) is 0.958. The van der Waals surface area contributed by atoms with E-state index in [4.69, 9.17) is 66.3 Å². The maximum Gasteiger partial charge on any atom is 0.187 e. The van der Waals surface area contributed by atoms with Crippen LogP contribution in [0.5, 0.6) is 0 Å². The molecule has 10 aliphatic rings. The van der Waals surface area contributed by atoms with Crippen molar-refractivity contribution in [3.63, 3.8) is 0 Å². The Labute approximate surface area is 383 Å². The van der Waals surface area contributed by atoms with Gasteiger partial charge in [-0.1, -0.05) is 25.5 Å². The van der Waals surface area contributed by atoms with Crippen LogP contribution in [-0.4, -0.2) is 172 Å². The number of hydrogen-bond acceptors (Lipinski definition) is 17. The van der Waals surface area contributed by atoms with Crippen molar-refractivity contribution in [1.82, 2.24) is 0 Å². The van der Waals surface area contributed by atoms with Gasteiger partial charge in [0.1, 0.15) is 36.6 Å². The summed E-state index contributed by atoms with van der Waals surface area (Å²) in [4.78, 5) is 0. The van der Waals surface area contributed by atoms with Gasteiger partial charge in [-0.15, -0.1) is 0 Å². The highest BCUT2D eigenvalue weighted by Gasteiger charge is 2.83. The van der Waals surface area contributed by atoms with Crippen molar-refractivity contribution in [2.45, 2.75) is 235 Å². The first kappa shape index (κ1) is 47.7. The van der Waals surface area contributed by atoms with E-state index in [2.05, 4.69) is 26.8 Å². The molecule has 7 saturated heterocycles. The molecule has 26 atom stereocenters. The first-order chi connectivity index (χ1) is 30.9. The van der Waals surface area contributed by atoms with E-state index in [-0.39, 0.29) is 35.4 Å². The highest BCUT2D eigenvalue weighted by atomic mass is 16.8. The van der Waals surface area contributed by atoms with Crippen LogP contribution < -0.4 is 0 Å². The summed E-state index contributed by atoms with van der Waals surface area (Å²) in [6.45, 7) is 15.0. The molecule has 17 nitrogen and oxygen atoms in total. The summed E-state index contributed by atoms with van der Waals surface area (Å²) in [5.74, 6) is -0.0884. The molecular weight excluding hydrogens is 849 g/mol. The molecule has 370 valence electrons. The van der Waals surface area contributed by atoms with Crippen molar-refractivity contribution in [2.75, 3.05) is 27.9 Å². The first-order valence-electron chi connectivity index (χ1n) is 24.5. The van der Waals surface area contributed by atoms with Crippen LogP contribution in [0.3, 0.4) is 0 Å². The lowest BCUT2D eigenvalue weighted by Crippen LogP contribution is -2.61. The summed E-state index contributed by atoms with van der Waals surface area (Å²) >= 11 is 0. The molecule has 7 heterocycles. The van der Waals surface area contributed by atoms with Crippen molar-refractivity contribution in [1.29, 1.82) is 0 Å². The topological polar surface area (TPSA) is 190 Å². The smallest absolute Gasteiger partial charge is 0.187 e. The molecule has 2 saturated carbocycles. The number of allylic oxidation sites excluding steroid dienone is 1. The molecule has 0 spiro atoms. The van der Waals surface area contributed by atoms with Crippen molar-refractivity contribution in [3.05, 3.63) is 11.6 Å². The molecule has 17 heteroatoms. The number of hydrogen-bond donors (Lipinski definition) is 3. The monoisotopic (exact) mass is 925 g/mol. The predicted octanol–water partition coefficient (Wildman–Crippen LogP) is 3.85. The van der Waals surface area contributed by atoms with Gasteiger partial charge in [-0.25, -0.2) is 0 Å². The number of methoxy groups -OCH3 is 3. The van der Waals surface area contributed by atoms with Gasteiger partial charge in [0.05, 0.1) is 67.5 Å². The highest BCUT2D eigenvalue weighted by molar-refractivity contribution is 5.30. The van der Waals surface area contributed by atoms with Gasteiger partial charge in [-0.3, -0.25) is 0 Å². The lowest BCUT2D eigenvalue weighted by Gasteiger charge is -2.59. The van der Waals surface area contributed by atoms with Gasteiger partial charge in [-0.2, -0.15) is 0 Å². The second-order valence-corrected chi connectivity index (χ2v) is 21.6. The molecule has 17 unspecified atom stereocenters. The van der Waals surface area contributed by atoms with Gasteiger partial charge in [0.2, 0.25) is 0 Å². The third-order valence-electron chi connectivity index (χ3n) is 18.0. The molecule has 0 aromatic heterocycles. The lowest BCUT2D eigenvalue weighted by atomic mass is 9.48. The Morgan fingerprint density at radius 2 is 1.28 bits per heavy atom. The summed E-state index contributed by atoms with van der Waals surface area (Å²) < 4.78 is 88.1. The fourth-order valence-corrected chi connectivity index (χ4v) is 14.7. The SMILES string of the molecule is COC1CC(OC2C(O)CC(O[C@H]3CC[C@@]4(C)C(=CC[C@@H]5[C@@H]4CC[C@]4(C)[C@@H]6[C@H]7CO[C@]6(C)O[C@@]54O7)C3)OC2C)OC(C)C1OC1CC(OC)C(OC2OC(C)C(O)C(OC)C2O)C(C)O1. The molecule has 7 aliphatic heterocycles. The fourth-order valence-electron chi connectivity index (χ4n) is 14.7. The molecule has 3 aliphatic carbocycles. The number of rotatable bonds is 11. The van der Waals surface area contributed by atoms with E-state index >= 15 is 0 Å². The number of aliphatic hydroxyl groups excluding tert-OH is 3. The molecule has 0 aromatic rings. The van der Waals surface area contributed by atoms with Crippen LogP contribution in [0.25, 0.3) is 0 Å². The minimum absolute atomic E-state index is 0.00494. The summed E-state index contributed by atoms with van der Waals surface area (Å²) in [5.41, 5.74) is 1.49.